The normalized spacial score (nSPS) is 10.1. The molecular formula is C17H16N2O. The lowest BCUT2D eigenvalue weighted by atomic mass is 9.94. The summed E-state index contributed by atoms with van der Waals surface area (Å²) >= 11 is 0. The van der Waals surface area contributed by atoms with Gasteiger partial charge in [0.25, 0.3) is 5.82 Å². The average molecular weight is 264 g/mol. The summed E-state index contributed by atoms with van der Waals surface area (Å²) in [6.07, 6.45) is 1.85. The van der Waals surface area contributed by atoms with Crippen molar-refractivity contribution in [1.29, 1.82) is 0 Å². The van der Waals surface area contributed by atoms with E-state index < -0.39 is 0 Å². The molecule has 0 aliphatic heterocycles. The van der Waals surface area contributed by atoms with Crippen LogP contribution >= 0.6 is 0 Å². The molecule has 0 fully saturated rings. The van der Waals surface area contributed by atoms with Crippen LogP contribution in [0.1, 0.15) is 32.6 Å². The Morgan fingerprint density at radius 2 is 1.85 bits per heavy atom. The predicted molar refractivity (Wildman–Crippen MR) is 79.2 cm³/mol. The first-order valence-electron chi connectivity index (χ1n) is 6.44. The second-order valence-corrected chi connectivity index (χ2v) is 4.99. The van der Waals surface area contributed by atoms with Gasteiger partial charge in [0.05, 0.1) is 5.56 Å². The molecule has 1 aromatic heterocycles. The Bertz CT molecular complexity index is 671. The van der Waals surface area contributed by atoms with E-state index in [1.54, 1.807) is 12.1 Å². The van der Waals surface area contributed by atoms with Gasteiger partial charge in [0.2, 0.25) is 0 Å². The number of hydrogen-bond acceptors (Lipinski definition) is 2. The van der Waals surface area contributed by atoms with E-state index in [1.165, 1.54) is 11.8 Å². The van der Waals surface area contributed by atoms with Gasteiger partial charge in [0.1, 0.15) is 6.20 Å². The minimum atomic E-state index is 0.0316. The van der Waals surface area contributed by atoms with Crippen LogP contribution in [0.3, 0.4) is 0 Å². The van der Waals surface area contributed by atoms with Crippen LogP contribution in [0.5, 0.6) is 0 Å². The number of rotatable bonds is 3. The Kier molecular flexibility index (Phi) is 3.95. The lowest BCUT2D eigenvalue weighted by Gasteiger charge is -2.10. The molecule has 0 aliphatic rings. The van der Waals surface area contributed by atoms with E-state index >= 15 is 0 Å². The molecule has 3 nitrogen and oxygen atoms in total. The summed E-state index contributed by atoms with van der Waals surface area (Å²) in [7, 11) is 0. The number of aryl methyl sites for hydroxylation is 3. The zero-order valence-corrected chi connectivity index (χ0v) is 11.9. The molecule has 20 heavy (non-hydrogen) atoms. The third-order valence-electron chi connectivity index (χ3n) is 3.36. The maximum absolute atomic E-state index is 12.3. The maximum atomic E-state index is 12.3. The molecule has 100 valence electrons. The highest BCUT2D eigenvalue weighted by molar-refractivity contribution is 5.97. The lowest BCUT2D eigenvalue weighted by molar-refractivity contribution is 0.0992. The summed E-state index contributed by atoms with van der Waals surface area (Å²) in [6.45, 7) is 13.0. The van der Waals surface area contributed by atoms with Crippen molar-refractivity contribution in [3.05, 3.63) is 69.7 Å². The van der Waals surface area contributed by atoms with Gasteiger partial charge in [-0.25, -0.2) is 0 Å². The summed E-state index contributed by atoms with van der Waals surface area (Å²) < 4.78 is 0. The van der Waals surface area contributed by atoms with Crippen LogP contribution in [0.25, 0.3) is 4.85 Å². The summed E-state index contributed by atoms with van der Waals surface area (Å²) in [6, 6.07) is 7.43. The Morgan fingerprint density at radius 1 is 1.20 bits per heavy atom. The van der Waals surface area contributed by atoms with E-state index in [2.05, 4.69) is 28.9 Å². The molecule has 0 aliphatic carbocycles. The van der Waals surface area contributed by atoms with Crippen LogP contribution in [0, 0.1) is 27.3 Å². The highest BCUT2D eigenvalue weighted by atomic mass is 16.1. The van der Waals surface area contributed by atoms with E-state index in [0.717, 1.165) is 16.7 Å². The van der Waals surface area contributed by atoms with Gasteiger partial charge in [-0.05, 0) is 43.5 Å². The fourth-order valence-electron chi connectivity index (χ4n) is 2.37. The number of pyridine rings is 1. The van der Waals surface area contributed by atoms with Crippen LogP contribution in [0.2, 0.25) is 0 Å². The topological polar surface area (TPSA) is 34.3 Å². The molecule has 0 spiro atoms. The Balaban J connectivity index is 2.26. The number of carbonyl (C=O) groups is 1. The van der Waals surface area contributed by atoms with Crippen LogP contribution in [-0.4, -0.2) is 10.8 Å². The van der Waals surface area contributed by atoms with Gasteiger partial charge >= 0.3 is 0 Å². The lowest BCUT2D eigenvalue weighted by Crippen LogP contribution is -2.07. The average Bonchev–Trinajstić information content (AvgIpc) is 2.42. The second kappa shape index (κ2) is 5.66. The van der Waals surface area contributed by atoms with E-state index in [0.29, 0.717) is 17.8 Å². The molecule has 0 amide bonds. The van der Waals surface area contributed by atoms with Crippen molar-refractivity contribution in [2.75, 3.05) is 0 Å². The van der Waals surface area contributed by atoms with Gasteiger partial charge in [-0.15, -0.1) is 4.98 Å². The first kappa shape index (κ1) is 14.0. The van der Waals surface area contributed by atoms with Crippen molar-refractivity contribution in [2.24, 2.45) is 0 Å². The number of nitrogens with zero attached hydrogens (tertiary/aromatic N) is 2. The van der Waals surface area contributed by atoms with Gasteiger partial charge in [0, 0.05) is 6.42 Å². The van der Waals surface area contributed by atoms with E-state index in [9.17, 15) is 4.79 Å². The van der Waals surface area contributed by atoms with Crippen LogP contribution < -0.4 is 0 Å². The Labute approximate surface area is 119 Å². The number of Topliss-reactive ketones (excluding diaryl/α,β-unsaturated/α-hetero) is 1. The van der Waals surface area contributed by atoms with Gasteiger partial charge in [-0.1, -0.05) is 30.3 Å². The molecule has 0 saturated carbocycles. The smallest absolute Gasteiger partial charge is 0.269 e. The van der Waals surface area contributed by atoms with Crippen LogP contribution in [-0.2, 0) is 6.42 Å². The number of ketones is 1. The number of carbonyl (C=O) groups excluding carboxylic acids is 1. The van der Waals surface area contributed by atoms with Gasteiger partial charge < -0.3 is 4.85 Å². The Morgan fingerprint density at radius 3 is 2.35 bits per heavy atom. The van der Waals surface area contributed by atoms with Gasteiger partial charge in [0.15, 0.2) is 5.78 Å². The molecule has 1 aromatic carbocycles. The van der Waals surface area contributed by atoms with Crippen molar-refractivity contribution in [3.63, 3.8) is 0 Å². The fourth-order valence-corrected chi connectivity index (χ4v) is 2.37. The zero-order chi connectivity index (χ0) is 14.7. The molecule has 3 heteroatoms. The molecule has 2 rings (SSSR count). The highest BCUT2D eigenvalue weighted by Gasteiger charge is 2.12. The molecule has 2 aromatic rings. The van der Waals surface area contributed by atoms with Crippen molar-refractivity contribution < 1.29 is 4.79 Å². The van der Waals surface area contributed by atoms with Crippen molar-refractivity contribution in [3.8, 4) is 0 Å². The Hall–Kier alpha value is -2.47. The number of aromatic nitrogens is 1. The third kappa shape index (κ3) is 2.92. The molecule has 0 saturated heterocycles. The SMILES string of the molecule is [C-]#[N+]c1ccc(C(=O)Cc2c(C)cc(C)cc2C)cn1. The van der Waals surface area contributed by atoms with Gasteiger partial charge in [-0.2, -0.15) is 0 Å². The van der Waals surface area contributed by atoms with Crippen LogP contribution in [0.15, 0.2) is 30.5 Å². The van der Waals surface area contributed by atoms with Gasteiger partial charge in [-0.3, -0.25) is 4.79 Å². The first-order valence-corrected chi connectivity index (χ1v) is 6.44. The first-order chi connectivity index (χ1) is 9.51. The second-order valence-electron chi connectivity index (χ2n) is 4.99. The maximum Gasteiger partial charge on any atom is 0.269 e. The summed E-state index contributed by atoms with van der Waals surface area (Å²) in [5.74, 6) is 0.341. The minimum absolute atomic E-state index is 0.0316. The van der Waals surface area contributed by atoms with Crippen molar-refractivity contribution >= 4 is 11.6 Å². The zero-order valence-electron chi connectivity index (χ0n) is 11.9. The number of hydrogen-bond donors (Lipinski definition) is 0. The van der Waals surface area contributed by atoms with E-state index in [-0.39, 0.29) is 5.78 Å². The summed E-state index contributed by atoms with van der Waals surface area (Å²) in [5.41, 5.74) is 5.12. The largest absolute Gasteiger partial charge is 0.361 e. The van der Waals surface area contributed by atoms with E-state index in [1.807, 2.05) is 13.8 Å². The van der Waals surface area contributed by atoms with Crippen LogP contribution in [0.4, 0.5) is 5.82 Å². The molecule has 0 unspecified atom stereocenters. The monoisotopic (exact) mass is 264 g/mol. The highest BCUT2D eigenvalue weighted by Crippen LogP contribution is 2.19. The molecule has 0 atom stereocenters. The third-order valence-corrected chi connectivity index (χ3v) is 3.36. The minimum Gasteiger partial charge on any atom is -0.361 e. The molecular weight excluding hydrogens is 248 g/mol. The fraction of sp³-hybridized carbons (Fsp3) is 0.235. The van der Waals surface area contributed by atoms with Crippen molar-refractivity contribution in [1.82, 2.24) is 4.98 Å². The molecule has 0 radical (unpaired) electrons. The van der Waals surface area contributed by atoms with E-state index in [4.69, 9.17) is 6.57 Å². The standard InChI is InChI=1S/C17H16N2O/c1-11-7-12(2)15(13(3)8-11)9-16(20)14-5-6-17(18-4)19-10-14/h5-8,10H,9H2,1-3H3. The number of benzene rings is 1. The molecule has 1 heterocycles. The quantitative estimate of drug-likeness (QED) is 0.620. The molecule has 0 N–H and O–H groups in total. The predicted octanol–water partition coefficient (Wildman–Crippen LogP) is 3.98. The van der Waals surface area contributed by atoms with Crippen molar-refractivity contribution in [2.45, 2.75) is 27.2 Å². The summed E-state index contributed by atoms with van der Waals surface area (Å²) in [4.78, 5) is 19.4. The summed E-state index contributed by atoms with van der Waals surface area (Å²) in [5, 5.41) is 0. The molecule has 0 bridgehead atoms.